The van der Waals surface area contributed by atoms with Crippen LogP contribution in [-0.4, -0.2) is 3.92 Å². The van der Waals surface area contributed by atoms with E-state index in [2.05, 4.69) is 56.0 Å². The summed E-state index contributed by atoms with van der Waals surface area (Å²) in [5.41, 5.74) is 0. The number of hydrogen-bond donors (Lipinski definition) is 0. The molecule has 0 amide bonds. The van der Waals surface area contributed by atoms with Crippen molar-refractivity contribution in [1.29, 1.82) is 0 Å². The molecule has 96 valence electrons. The third-order valence-electron chi connectivity index (χ3n) is 3.24. The van der Waals surface area contributed by atoms with E-state index in [1.807, 2.05) is 0 Å². The van der Waals surface area contributed by atoms with Crippen molar-refractivity contribution in [2.75, 3.05) is 0 Å². The van der Waals surface area contributed by atoms with Gasteiger partial charge in [-0.25, -0.2) is 0 Å². The van der Waals surface area contributed by atoms with Gasteiger partial charge in [0.2, 0.25) is 0 Å². The van der Waals surface area contributed by atoms with Crippen LogP contribution in [0.15, 0.2) is 12.7 Å². The Hall–Kier alpha value is 0.470. The zero-order chi connectivity index (χ0) is 12.4. The second kappa shape index (κ2) is 10.6. The van der Waals surface area contributed by atoms with Gasteiger partial charge in [0.1, 0.15) is 0 Å². The molecule has 0 aromatic rings. The van der Waals surface area contributed by atoms with E-state index >= 15 is 0 Å². The predicted molar refractivity (Wildman–Crippen MR) is 84.3 cm³/mol. The molecule has 0 heterocycles. The number of alkyl halides is 1. The second-order valence-electron chi connectivity index (χ2n) is 5.18. The quantitative estimate of drug-likeness (QED) is 0.199. The molecule has 2 unspecified atom stereocenters. The lowest BCUT2D eigenvalue weighted by Gasteiger charge is -2.24. The van der Waals surface area contributed by atoms with E-state index in [1.165, 1.54) is 44.9 Å². The molecule has 0 rings (SSSR count). The van der Waals surface area contributed by atoms with Gasteiger partial charge in [0, 0.05) is 3.92 Å². The van der Waals surface area contributed by atoms with Crippen molar-refractivity contribution in [3.63, 3.8) is 0 Å². The fourth-order valence-corrected chi connectivity index (χ4v) is 2.83. The van der Waals surface area contributed by atoms with Crippen LogP contribution in [0, 0.1) is 11.8 Å². The SMILES string of the molecule is C=CCC(CCCCCCC)C(I)C(C)C. The lowest BCUT2D eigenvalue weighted by molar-refractivity contribution is 0.399. The van der Waals surface area contributed by atoms with Crippen LogP contribution in [-0.2, 0) is 0 Å². The van der Waals surface area contributed by atoms with Gasteiger partial charge in [0.25, 0.3) is 0 Å². The second-order valence-corrected chi connectivity index (χ2v) is 6.61. The van der Waals surface area contributed by atoms with Crippen molar-refractivity contribution >= 4 is 22.6 Å². The van der Waals surface area contributed by atoms with Gasteiger partial charge in [0.15, 0.2) is 0 Å². The van der Waals surface area contributed by atoms with Gasteiger partial charge in [-0.15, -0.1) is 6.58 Å². The van der Waals surface area contributed by atoms with E-state index in [4.69, 9.17) is 0 Å². The summed E-state index contributed by atoms with van der Waals surface area (Å²) in [4.78, 5) is 0. The van der Waals surface area contributed by atoms with E-state index in [0.29, 0.717) is 0 Å². The predicted octanol–water partition coefficient (Wildman–Crippen LogP) is 6.00. The number of hydrogen-bond acceptors (Lipinski definition) is 0. The third kappa shape index (κ3) is 7.70. The van der Waals surface area contributed by atoms with Crippen LogP contribution >= 0.6 is 22.6 Å². The molecule has 0 aliphatic heterocycles. The maximum absolute atomic E-state index is 3.90. The fourth-order valence-electron chi connectivity index (χ4n) is 2.18. The minimum atomic E-state index is 0.793. The highest BCUT2D eigenvalue weighted by atomic mass is 127. The summed E-state index contributed by atoms with van der Waals surface area (Å²) in [5.74, 6) is 1.64. The summed E-state index contributed by atoms with van der Waals surface area (Å²) in [7, 11) is 0. The first-order valence-corrected chi connectivity index (χ1v) is 8.13. The smallest absolute Gasteiger partial charge is 0.0164 e. The molecule has 0 bridgehead atoms. The molecular formula is C15H29I. The van der Waals surface area contributed by atoms with Gasteiger partial charge in [-0.05, 0) is 24.7 Å². The Bertz CT molecular complexity index is 163. The van der Waals surface area contributed by atoms with Crippen LogP contribution in [0.3, 0.4) is 0 Å². The first-order valence-electron chi connectivity index (χ1n) is 6.88. The normalized spacial score (nSPS) is 15.1. The number of rotatable bonds is 10. The van der Waals surface area contributed by atoms with Crippen LogP contribution in [0.5, 0.6) is 0 Å². The first kappa shape index (κ1) is 16.5. The van der Waals surface area contributed by atoms with Crippen molar-refractivity contribution in [3.05, 3.63) is 12.7 Å². The Morgan fingerprint density at radius 2 is 1.75 bits per heavy atom. The highest BCUT2D eigenvalue weighted by molar-refractivity contribution is 14.1. The molecule has 0 aromatic carbocycles. The van der Waals surface area contributed by atoms with Crippen molar-refractivity contribution < 1.29 is 0 Å². The molecule has 0 nitrogen and oxygen atoms in total. The van der Waals surface area contributed by atoms with Crippen LogP contribution < -0.4 is 0 Å². The third-order valence-corrected chi connectivity index (χ3v) is 5.69. The van der Waals surface area contributed by atoms with Crippen molar-refractivity contribution in [3.8, 4) is 0 Å². The van der Waals surface area contributed by atoms with Crippen LogP contribution in [0.25, 0.3) is 0 Å². The van der Waals surface area contributed by atoms with Crippen molar-refractivity contribution in [1.82, 2.24) is 0 Å². The molecule has 0 saturated heterocycles. The lowest BCUT2D eigenvalue weighted by Crippen LogP contribution is -2.19. The standard InChI is InChI=1S/C15H29I/c1-5-7-8-9-10-12-14(11-6-2)15(16)13(3)4/h6,13-15H,2,5,7-12H2,1,3-4H3. The van der Waals surface area contributed by atoms with Gasteiger partial charge in [-0.1, -0.05) is 81.5 Å². The van der Waals surface area contributed by atoms with Gasteiger partial charge in [-0.3, -0.25) is 0 Å². The lowest BCUT2D eigenvalue weighted by atomic mass is 9.89. The number of halogens is 1. The topological polar surface area (TPSA) is 0 Å². The molecule has 1 heteroatoms. The minimum Gasteiger partial charge on any atom is -0.103 e. The van der Waals surface area contributed by atoms with Crippen molar-refractivity contribution in [2.24, 2.45) is 11.8 Å². The molecule has 0 N–H and O–H groups in total. The zero-order valence-electron chi connectivity index (χ0n) is 11.3. The summed E-state index contributed by atoms with van der Waals surface area (Å²) in [6, 6.07) is 0. The average Bonchev–Trinajstić information content (AvgIpc) is 2.26. The zero-order valence-corrected chi connectivity index (χ0v) is 13.5. The highest BCUT2D eigenvalue weighted by Gasteiger charge is 2.19. The fraction of sp³-hybridized carbons (Fsp3) is 0.867. The maximum atomic E-state index is 3.90. The molecule has 0 saturated carbocycles. The van der Waals surface area contributed by atoms with Gasteiger partial charge < -0.3 is 0 Å². The monoisotopic (exact) mass is 336 g/mol. The van der Waals surface area contributed by atoms with Crippen LogP contribution in [0.1, 0.15) is 65.7 Å². The Balaban J connectivity index is 3.80. The molecular weight excluding hydrogens is 307 g/mol. The van der Waals surface area contributed by atoms with E-state index in [1.54, 1.807) is 0 Å². The number of allylic oxidation sites excluding steroid dienone is 1. The summed E-state index contributed by atoms with van der Waals surface area (Å²) in [6.45, 7) is 10.8. The van der Waals surface area contributed by atoms with Crippen LogP contribution in [0.2, 0.25) is 0 Å². The largest absolute Gasteiger partial charge is 0.103 e. The Labute approximate surface area is 116 Å². The van der Waals surface area contributed by atoms with Gasteiger partial charge in [0.05, 0.1) is 0 Å². The Morgan fingerprint density at radius 1 is 1.12 bits per heavy atom. The van der Waals surface area contributed by atoms with Gasteiger partial charge >= 0.3 is 0 Å². The van der Waals surface area contributed by atoms with Crippen LogP contribution in [0.4, 0.5) is 0 Å². The van der Waals surface area contributed by atoms with Gasteiger partial charge in [-0.2, -0.15) is 0 Å². The summed E-state index contributed by atoms with van der Waals surface area (Å²) in [5, 5.41) is 0. The highest BCUT2D eigenvalue weighted by Crippen LogP contribution is 2.29. The molecule has 0 aromatic heterocycles. The summed E-state index contributed by atoms with van der Waals surface area (Å²) in [6.07, 6.45) is 11.7. The molecule has 0 fully saturated rings. The molecule has 0 radical (unpaired) electrons. The minimum absolute atomic E-state index is 0.793. The van der Waals surface area contributed by atoms with E-state index in [9.17, 15) is 0 Å². The van der Waals surface area contributed by atoms with E-state index < -0.39 is 0 Å². The van der Waals surface area contributed by atoms with Crippen molar-refractivity contribution in [2.45, 2.75) is 69.6 Å². The molecule has 0 aliphatic rings. The molecule has 16 heavy (non-hydrogen) atoms. The summed E-state index contributed by atoms with van der Waals surface area (Å²) < 4.78 is 0.807. The maximum Gasteiger partial charge on any atom is 0.0164 e. The first-order chi connectivity index (χ1) is 7.63. The van der Waals surface area contributed by atoms with E-state index in [-0.39, 0.29) is 0 Å². The molecule has 0 spiro atoms. The summed E-state index contributed by atoms with van der Waals surface area (Å²) >= 11 is 2.64. The number of unbranched alkanes of at least 4 members (excludes halogenated alkanes) is 4. The Kier molecular flexibility index (Phi) is 10.9. The Morgan fingerprint density at radius 3 is 2.25 bits per heavy atom. The molecule has 0 aliphatic carbocycles. The molecule has 2 atom stereocenters. The average molecular weight is 336 g/mol. The van der Waals surface area contributed by atoms with E-state index in [0.717, 1.165) is 15.8 Å².